The Morgan fingerprint density at radius 1 is 1.03 bits per heavy atom. The van der Waals surface area contributed by atoms with Crippen LogP contribution in [0.25, 0.3) is 0 Å². The van der Waals surface area contributed by atoms with E-state index in [1.165, 1.54) is 80.1 Å². The average molecular weight is 493 g/mol. The molecule has 0 saturated carbocycles. The number of piperidine rings is 1. The molecule has 0 spiro atoms. The summed E-state index contributed by atoms with van der Waals surface area (Å²) in [5.41, 5.74) is 8.35. The van der Waals surface area contributed by atoms with E-state index in [4.69, 9.17) is 5.73 Å². The fourth-order valence-corrected chi connectivity index (χ4v) is 5.76. The molecule has 2 aromatic carbocycles. The van der Waals surface area contributed by atoms with Crippen molar-refractivity contribution in [2.75, 3.05) is 42.1 Å². The Bertz CT molecular complexity index is 1200. The van der Waals surface area contributed by atoms with Gasteiger partial charge < -0.3 is 20.9 Å². The molecule has 182 valence electrons. The average Bonchev–Trinajstić information content (AvgIpc) is 3.54. The Morgan fingerprint density at radius 2 is 1.69 bits per heavy atom. The second-order valence-corrected chi connectivity index (χ2v) is 10.00. The first-order valence-corrected chi connectivity index (χ1v) is 12.7. The van der Waals surface area contributed by atoms with Crippen LogP contribution in [-0.2, 0) is 0 Å². The predicted molar refractivity (Wildman–Crippen MR) is 139 cm³/mol. The molecule has 0 bridgehead atoms. The lowest BCUT2D eigenvalue weighted by atomic mass is 10.0. The molecule has 2 aliphatic rings. The number of nitrogen functional groups attached to an aromatic ring is 1. The second-order valence-electron chi connectivity index (χ2n) is 9.00. The summed E-state index contributed by atoms with van der Waals surface area (Å²) in [7, 11) is 0. The molecule has 1 aromatic heterocycles. The number of nitrogens with zero attached hydrogens (tertiary/aromatic N) is 4. The zero-order valence-electron chi connectivity index (χ0n) is 19.4. The van der Waals surface area contributed by atoms with Crippen LogP contribution in [0.15, 0.2) is 48.5 Å². The van der Waals surface area contributed by atoms with E-state index in [1.807, 2.05) is 12.1 Å². The number of hydrogen-bond donors (Lipinski definition) is 2. The minimum atomic E-state index is -0.501. The topological polar surface area (TPSA) is 118 Å². The number of thiazole rings is 1. The van der Waals surface area contributed by atoms with E-state index in [0.717, 1.165) is 24.8 Å². The summed E-state index contributed by atoms with van der Waals surface area (Å²) in [6, 6.07) is 14.4. The van der Waals surface area contributed by atoms with E-state index < -0.39 is 4.92 Å². The largest absolute Gasteiger partial charge is 0.382 e. The normalized spacial score (nSPS) is 17.0. The van der Waals surface area contributed by atoms with Crippen LogP contribution in [-0.4, -0.2) is 52.8 Å². The molecule has 0 atom stereocenters. The maximum atomic E-state index is 12.8. The molecule has 3 aromatic rings. The van der Waals surface area contributed by atoms with E-state index in [0.29, 0.717) is 15.6 Å². The lowest BCUT2D eigenvalue weighted by molar-refractivity contribution is -0.384. The number of nitro benzene ring substituents is 1. The molecule has 2 saturated heterocycles. The molecule has 10 heteroatoms. The van der Waals surface area contributed by atoms with Gasteiger partial charge in [-0.15, -0.1) is 0 Å². The fourth-order valence-electron chi connectivity index (χ4n) is 4.89. The Balaban J connectivity index is 1.20. The van der Waals surface area contributed by atoms with Crippen molar-refractivity contribution in [1.29, 1.82) is 0 Å². The van der Waals surface area contributed by atoms with Gasteiger partial charge in [-0.1, -0.05) is 11.3 Å². The van der Waals surface area contributed by atoms with Gasteiger partial charge in [-0.3, -0.25) is 14.9 Å². The van der Waals surface area contributed by atoms with Gasteiger partial charge in [0, 0.05) is 48.2 Å². The fraction of sp³-hybridized carbons (Fsp3) is 0.360. The van der Waals surface area contributed by atoms with Gasteiger partial charge in [0.1, 0.15) is 10.7 Å². The molecule has 0 radical (unpaired) electrons. The number of rotatable bonds is 7. The summed E-state index contributed by atoms with van der Waals surface area (Å²) in [4.78, 5) is 32.9. The standard InChI is InChI=1S/C25H28N6O3S/c26-24-23(22(32)17-3-7-21(8-4-17)31(33)34)35-25(28-24)27-18-5-9-19(10-6-18)30-15-11-20(12-16-30)29-13-1-2-14-29/h3-10,20H,1-2,11-16,26H2,(H,27,28). The number of nitro groups is 1. The Kier molecular flexibility index (Phi) is 6.65. The number of likely N-dealkylation sites (tertiary alicyclic amines) is 1. The summed E-state index contributed by atoms with van der Waals surface area (Å²) in [6.45, 7) is 4.66. The Labute approximate surface area is 207 Å². The number of nitrogens with one attached hydrogen (secondary N) is 1. The molecule has 35 heavy (non-hydrogen) atoms. The third kappa shape index (κ3) is 5.13. The Hall–Kier alpha value is -3.50. The molecule has 0 unspecified atom stereocenters. The van der Waals surface area contributed by atoms with Gasteiger partial charge in [0.15, 0.2) is 5.13 Å². The maximum Gasteiger partial charge on any atom is 0.269 e. The molecule has 0 aliphatic carbocycles. The number of anilines is 4. The van der Waals surface area contributed by atoms with Crippen molar-refractivity contribution >= 4 is 45.1 Å². The van der Waals surface area contributed by atoms with Gasteiger partial charge in [-0.05, 0) is 75.2 Å². The number of ketones is 1. The molecule has 2 aliphatic heterocycles. The molecule has 9 nitrogen and oxygen atoms in total. The van der Waals surface area contributed by atoms with Crippen molar-refractivity contribution in [3.8, 4) is 0 Å². The zero-order chi connectivity index (χ0) is 24.4. The van der Waals surface area contributed by atoms with E-state index >= 15 is 0 Å². The van der Waals surface area contributed by atoms with E-state index in [1.54, 1.807) is 0 Å². The van der Waals surface area contributed by atoms with Gasteiger partial charge in [0.05, 0.1) is 4.92 Å². The van der Waals surface area contributed by atoms with Crippen LogP contribution in [0.3, 0.4) is 0 Å². The van der Waals surface area contributed by atoms with Crippen LogP contribution in [0.2, 0.25) is 0 Å². The molecule has 0 amide bonds. The number of carbonyl (C=O) groups excluding carboxylic acids is 1. The van der Waals surface area contributed by atoms with E-state index in [9.17, 15) is 14.9 Å². The van der Waals surface area contributed by atoms with Crippen molar-refractivity contribution in [2.24, 2.45) is 0 Å². The third-order valence-electron chi connectivity index (χ3n) is 6.81. The van der Waals surface area contributed by atoms with Crippen LogP contribution in [0.4, 0.5) is 28.0 Å². The number of carbonyl (C=O) groups is 1. The lowest BCUT2D eigenvalue weighted by Gasteiger charge is -2.37. The first-order valence-electron chi connectivity index (χ1n) is 11.9. The molecule has 3 heterocycles. The molecule has 3 N–H and O–H groups in total. The number of aromatic nitrogens is 1. The molecular weight excluding hydrogens is 464 g/mol. The van der Waals surface area contributed by atoms with Gasteiger partial charge in [-0.25, -0.2) is 4.98 Å². The summed E-state index contributed by atoms with van der Waals surface area (Å²) in [5.74, 6) is -0.172. The van der Waals surface area contributed by atoms with Crippen LogP contribution < -0.4 is 16.0 Å². The number of benzene rings is 2. The highest BCUT2D eigenvalue weighted by Gasteiger charge is 2.26. The zero-order valence-corrected chi connectivity index (χ0v) is 20.2. The van der Waals surface area contributed by atoms with Crippen LogP contribution in [0.5, 0.6) is 0 Å². The molecule has 5 rings (SSSR count). The van der Waals surface area contributed by atoms with Crippen molar-refractivity contribution in [1.82, 2.24) is 9.88 Å². The second kappa shape index (κ2) is 10.0. The van der Waals surface area contributed by atoms with Crippen molar-refractivity contribution in [3.05, 3.63) is 69.1 Å². The van der Waals surface area contributed by atoms with Gasteiger partial charge in [0.25, 0.3) is 5.69 Å². The monoisotopic (exact) mass is 492 g/mol. The smallest absolute Gasteiger partial charge is 0.269 e. The summed E-state index contributed by atoms with van der Waals surface area (Å²) >= 11 is 1.17. The number of nitrogens with two attached hydrogens (primary N) is 1. The minimum Gasteiger partial charge on any atom is -0.382 e. The van der Waals surface area contributed by atoms with E-state index in [2.05, 4.69) is 32.2 Å². The maximum absolute atomic E-state index is 12.8. The van der Waals surface area contributed by atoms with Crippen LogP contribution in [0.1, 0.15) is 40.9 Å². The quantitative estimate of drug-likeness (QED) is 0.277. The third-order valence-corrected chi connectivity index (χ3v) is 7.79. The molecular formula is C25H28N6O3S. The highest BCUT2D eigenvalue weighted by Crippen LogP contribution is 2.31. The number of non-ortho nitro benzene ring substituents is 1. The SMILES string of the molecule is Nc1nc(Nc2ccc(N3CCC(N4CCCC4)CC3)cc2)sc1C(=O)c1ccc([N+](=O)[O-])cc1. The summed E-state index contributed by atoms with van der Waals surface area (Å²) in [5, 5.41) is 14.6. The van der Waals surface area contributed by atoms with Gasteiger partial charge in [-0.2, -0.15) is 0 Å². The number of hydrogen-bond acceptors (Lipinski definition) is 9. The summed E-state index contributed by atoms with van der Waals surface area (Å²) in [6.07, 6.45) is 5.10. The van der Waals surface area contributed by atoms with Crippen molar-refractivity contribution in [2.45, 2.75) is 31.7 Å². The van der Waals surface area contributed by atoms with Crippen molar-refractivity contribution in [3.63, 3.8) is 0 Å². The lowest BCUT2D eigenvalue weighted by Crippen LogP contribution is -2.43. The Morgan fingerprint density at radius 3 is 2.31 bits per heavy atom. The van der Waals surface area contributed by atoms with Crippen LogP contribution >= 0.6 is 11.3 Å². The first kappa shape index (κ1) is 23.3. The molecule has 2 fully saturated rings. The first-order chi connectivity index (χ1) is 17.0. The minimum absolute atomic E-state index is 0.0689. The predicted octanol–water partition coefficient (Wildman–Crippen LogP) is 4.67. The van der Waals surface area contributed by atoms with Crippen LogP contribution in [0, 0.1) is 10.1 Å². The van der Waals surface area contributed by atoms with Crippen molar-refractivity contribution < 1.29 is 9.72 Å². The van der Waals surface area contributed by atoms with Gasteiger partial charge in [0.2, 0.25) is 5.78 Å². The van der Waals surface area contributed by atoms with E-state index in [-0.39, 0.29) is 17.3 Å². The highest BCUT2D eigenvalue weighted by molar-refractivity contribution is 7.18. The summed E-state index contributed by atoms with van der Waals surface area (Å²) < 4.78 is 0. The van der Waals surface area contributed by atoms with Gasteiger partial charge >= 0.3 is 0 Å². The highest BCUT2D eigenvalue weighted by atomic mass is 32.1.